The van der Waals surface area contributed by atoms with Gasteiger partial charge in [0.2, 0.25) is 5.60 Å². The lowest BCUT2D eigenvalue weighted by molar-refractivity contribution is -0.154. The number of hydrogen-bond donors (Lipinski definition) is 1. The Morgan fingerprint density at radius 2 is 2.07 bits per heavy atom. The summed E-state index contributed by atoms with van der Waals surface area (Å²) in [6.45, 7) is 5.24. The standard InChI is InChI=1S/C21H20ClFN2O3S2/c1-4-21(3,20(26)27)28-17-8-6-14(9-12(17)2)29-11-18-24-25-19(30-18)13-5-7-16(23)15(22)10-13/h5-10H,4,11H2,1-3H3,(H,26,27). The van der Waals surface area contributed by atoms with Gasteiger partial charge in [-0.3, -0.25) is 0 Å². The molecule has 158 valence electrons. The predicted octanol–water partition coefficient (Wildman–Crippen LogP) is 6.23. The molecule has 1 heterocycles. The Labute approximate surface area is 187 Å². The number of carbonyl (C=O) groups is 1. The fourth-order valence-corrected chi connectivity index (χ4v) is 4.54. The van der Waals surface area contributed by atoms with Crippen molar-refractivity contribution in [2.45, 2.75) is 43.4 Å². The highest BCUT2D eigenvalue weighted by molar-refractivity contribution is 7.98. The van der Waals surface area contributed by atoms with Crippen molar-refractivity contribution in [3.8, 4) is 16.3 Å². The van der Waals surface area contributed by atoms with Crippen molar-refractivity contribution in [1.29, 1.82) is 0 Å². The summed E-state index contributed by atoms with van der Waals surface area (Å²) in [7, 11) is 0. The van der Waals surface area contributed by atoms with Crippen LogP contribution in [0.5, 0.6) is 5.75 Å². The summed E-state index contributed by atoms with van der Waals surface area (Å²) >= 11 is 8.86. The van der Waals surface area contributed by atoms with Gasteiger partial charge in [-0.05, 0) is 62.2 Å². The molecule has 2 aromatic carbocycles. The molecule has 3 rings (SSSR count). The molecule has 0 fully saturated rings. The van der Waals surface area contributed by atoms with Crippen LogP contribution in [0.1, 0.15) is 30.8 Å². The van der Waals surface area contributed by atoms with Crippen LogP contribution in [0.15, 0.2) is 41.3 Å². The number of aliphatic carboxylic acids is 1. The Bertz CT molecular complexity index is 1080. The second-order valence-electron chi connectivity index (χ2n) is 6.84. The van der Waals surface area contributed by atoms with E-state index in [1.807, 2.05) is 19.1 Å². The van der Waals surface area contributed by atoms with E-state index in [1.165, 1.54) is 23.5 Å². The van der Waals surface area contributed by atoms with Gasteiger partial charge < -0.3 is 9.84 Å². The van der Waals surface area contributed by atoms with Gasteiger partial charge in [0.05, 0.1) is 10.8 Å². The van der Waals surface area contributed by atoms with Gasteiger partial charge in [-0.15, -0.1) is 22.0 Å². The van der Waals surface area contributed by atoms with E-state index < -0.39 is 17.4 Å². The molecule has 9 heteroatoms. The quantitative estimate of drug-likeness (QED) is 0.397. The van der Waals surface area contributed by atoms with Crippen LogP contribution < -0.4 is 4.74 Å². The Morgan fingerprint density at radius 1 is 1.30 bits per heavy atom. The highest BCUT2D eigenvalue weighted by atomic mass is 35.5. The number of ether oxygens (including phenoxy) is 1. The summed E-state index contributed by atoms with van der Waals surface area (Å²) in [5.41, 5.74) is 0.329. The van der Waals surface area contributed by atoms with E-state index in [-0.39, 0.29) is 5.02 Å². The van der Waals surface area contributed by atoms with Crippen LogP contribution in [-0.2, 0) is 10.5 Å². The number of aryl methyl sites for hydroxylation is 1. The minimum absolute atomic E-state index is 0.0541. The fourth-order valence-electron chi connectivity index (χ4n) is 2.54. The van der Waals surface area contributed by atoms with E-state index in [0.29, 0.717) is 22.9 Å². The number of hydrogen-bond acceptors (Lipinski definition) is 6. The maximum atomic E-state index is 13.3. The largest absolute Gasteiger partial charge is 0.478 e. The average Bonchev–Trinajstić information content (AvgIpc) is 3.19. The molecular formula is C21H20ClFN2O3S2. The van der Waals surface area contributed by atoms with Gasteiger partial charge in [0.15, 0.2) is 0 Å². The number of thioether (sulfide) groups is 1. The summed E-state index contributed by atoms with van der Waals surface area (Å²) in [5, 5.41) is 19.3. The fraction of sp³-hybridized carbons (Fsp3) is 0.286. The van der Waals surface area contributed by atoms with Crippen LogP contribution in [-0.4, -0.2) is 26.9 Å². The molecule has 1 atom stereocenters. The Kier molecular flexibility index (Phi) is 7.00. The number of carboxylic acids is 1. The van der Waals surface area contributed by atoms with Gasteiger partial charge >= 0.3 is 5.97 Å². The molecule has 1 unspecified atom stereocenters. The third-order valence-corrected chi connectivity index (χ3v) is 7.05. The predicted molar refractivity (Wildman–Crippen MR) is 118 cm³/mol. The smallest absolute Gasteiger partial charge is 0.347 e. The van der Waals surface area contributed by atoms with E-state index in [9.17, 15) is 14.3 Å². The normalized spacial score (nSPS) is 13.1. The number of carboxylic acid groups (broad SMARTS) is 1. The number of nitrogens with zero attached hydrogens (tertiary/aromatic N) is 2. The van der Waals surface area contributed by atoms with E-state index in [4.69, 9.17) is 16.3 Å². The first-order valence-corrected chi connectivity index (χ1v) is 11.3. The average molecular weight is 467 g/mol. The zero-order valence-corrected chi connectivity index (χ0v) is 19.0. The highest BCUT2D eigenvalue weighted by Gasteiger charge is 2.33. The van der Waals surface area contributed by atoms with Gasteiger partial charge in [0.1, 0.15) is 21.6 Å². The van der Waals surface area contributed by atoms with Crippen molar-refractivity contribution in [2.24, 2.45) is 0 Å². The van der Waals surface area contributed by atoms with E-state index in [0.717, 1.165) is 21.0 Å². The number of aromatic nitrogens is 2. The first kappa shape index (κ1) is 22.5. The van der Waals surface area contributed by atoms with E-state index >= 15 is 0 Å². The molecule has 0 aliphatic heterocycles. The van der Waals surface area contributed by atoms with Crippen molar-refractivity contribution in [1.82, 2.24) is 10.2 Å². The maximum Gasteiger partial charge on any atom is 0.347 e. The molecule has 0 aliphatic rings. The topological polar surface area (TPSA) is 72.3 Å². The number of halogens is 2. The lowest BCUT2D eigenvalue weighted by Gasteiger charge is -2.26. The Balaban J connectivity index is 1.67. The Morgan fingerprint density at radius 3 is 2.70 bits per heavy atom. The molecule has 0 amide bonds. The molecule has 5 nitrogen and oxygen atoms in total. The lowest BCUT2D eigenvalue weighted by Crippen LogP contribution is -2.40. The van der Waals surface area contributed by atoms with E-state index in [2.05, 4.69) is 10.2 Å². The van der Waals surface area contributed by atoms with Crippen molar-refractivity contribution in [3.05, 3.63) is 57.8 Å². The van der Waals surface area contributed by atoms with E-state index in [1.54, 1.807) is 37.7 Å². The van der Waals surface area contributed by atoms with Crippen molar-refractivity contribution in [3.63, 3.8) is 0 Å². The molecule has 0 aliphatic carbocycles. The SMILES string of the molecule is CCC(C)(Oc1ccc(SCc2nnc(-c3ccc(F)c(Cl)c3)s2)cc1C)C(=O)O. The Hall–Kier alpha value is -2.16. The minimum Gasteiger partial charge on any atom is -0.478 e. The molecule has 0 radical (unpaired) electrons. The van der Waals surface area contributed by atoms with Crippen molar-refractivity contribution >= 4 is 40.7 Å². The summed E-state index contributed by atoms with van der Waals surface area (Å²) < 4.78 is 19.1. The number of benzene rings is 2. The first-order valence-electron chi connectivity index (χ1n) is 9.15. The second-order valence-corrected chi connectivity index (χ2v) is 9.36. The van der Waals surface area contributed by atoms with Crippen LogP contribution in [0.2, 0.25) is 5.02 Å². The third kappa shape index (κ3) is 5.11. The molecule has 0 bridgehead atoms. The van der Waals surface area contributed by atoms with Gasteiger partial charge in [-0.2, -0.15) is 0 Å². The third-order valence-electron chi connectivity index (χ3n) is 4.60. The zero-order valence-electron chi connectivity index (χ0n) is 16.6. The molecule has 0 saturated carbocycles. The van der Waals surface area contributed by atoms with Crippen molar-refractivity contribution < 1.29 is 19.0 Å². The lowest BCUT2D eigenvalue weighted by atomic mass is 10.0. The summed E-state index contributed by atoms with van der Waals surface area (Å²) in [4.78, 5) is 12.5. The van der Waals surface area contributed by atoms with Gasteiger partial charge in [-0.25, -0.2) is 9.18 Å². The summed E-state index contributed by atoms with van der Waals surface area (Å²) in [5.74, 6) is -0.283. The minimum atomic E-state index is -1.26. The second kappa shape index (κ2) is 9.32. The number of rotatable bonds is 8. The monoisotopic (exact) mass is 466 g/mol. The van der Waals surface area contributed by atoms with Crippen LogP contribution in [0.4, 0.5) is 4.39 Å². The molecule has 0 saturated heterocycles. The molecule has 1 aromatic heterocycles. The molecule has 0 spiro atoms. The van der Waals surface area contributed by atoms with Gasteiger partial charge in [0, 0.05) is 10.5 Å². The molecule has 3 aromatic rings. The molecular weight excluding hydrogens is 447 g/mol. The van der Waals surface area contributed by atoms with Crippen LogP contribution in [0.3, 0.4) is 0 Å². The maximum absolute atomic E-state index is 13.3. The summed E-state index contributed by atoms with van der Waals surface area (Å²) in [6, 6.07) is 10.1. The summed E-state index contributed by atoms with van der Waals surface area (Å²) in [6.07, 6.45) is 0.358. The van der Waals surface area contributed by atoms with Crippen molar-refractivity contribution in [2.75, 3.05) is 0 Å². The van der Waals surface area contributed by atoms with Crippen LogP contribution in [0, 0.1) is 12.7 Å². The zero-order chi connectivity index (χ0) is 21.9. The van der Waals surface area contributed by atoms with Crippen LogP contribution >= 0.6 is 34.7 Å². The molecule has 1 N–H and O–H groups in total. The molecule has 30 heavy (non-hydrogen) atoms. The first-order chi connectivity index (χ1) is 14.2. The van der Waals surface area contributed by atoms with Crippen LogP contribution in [0.25, 0.3) is 10.6 Å². The highest BCUT2D eigenvalue weighted by Crippen LogP contribution is 2.33. The van der Waals surface area contributed by atoms with Gasteiger partial charge in [0.25, 0.3) is 0 Å². The van der Waals surface area contributed by atoms with Gasteiger partial charge in [-0.1, -0.05) is 29.9 Å².